The van der Waals surface area contributed by atoms with Crippen LogP contribution >= 0.6 is 0 Å². The number of fused-ring (bicyclic) bond motifs is 3. The number of nitro groups is 1. The van der Waals surface area contributed by atoms with Crippen LogP contribution < -0.4 is 24.6 Å². The summed E-state index contributed by atoms with van der Waals surface area (Å²) in [5.74, 6) is 0.257. The molecule has 2 aliphatic carbocycles. The molecule has 1 spiro atoms. The van der Waals surface area contributed by atoms with E-state index in [-0.39, 0.29) is 34.2 Å². The molecule has 3 saturated heterocycles. The van der Waals surface area contributed by atoms with Crippen LogP contribution in [0.4, 0.5) is 28.4 Å². The third kappa shape index (κ3) is 8.38. The van der Waals surface area contributed by atoms with Gasteiger partial charge in [-0.15, -0.1) is 0 Å². The molecule has 3 aromatic carbocycles. The average molecular weight is 959 g/mol. The monoisotopic (exact) mass is 958 g/mol. The van der Waals surface area contributed by atoms with Crippen molar-refractivity contribution in [3.8, 4) is 5.88 Å². The first-order chi connectivity index (χ1) is 33.2. The molecular formula is C52H62N8O8S. The normalized spacial score (nSPS) is 25.5. The zero-order valence-corrected chi connectivity index (χ0v) is 40.6. The summed E-state index contributed by atoms with van der Waals surface area (Å²) in [7, 11) is -2.87. The summed E-state index contributed by atoms with van der Waals surface area (Å²) in [6, 6.07) is 22.7. The number of likely N-dealkylation sites (tertiary alicyclic amines) is 1. The second kappa shape index (κ2) is 17.6. The molecule has 0 unspecified atom stereocenters. The van der Waals surface area contributed by atoms with E-state index in [1.807, 2.05) is 35.4 Å². The Kier molecular flexibility index (Phi) is 11.6. The van der Waals surface area contributed by atoms with Crippen molar-refractivity contribution in [1.82, 2.24) is 19.6 Å². The van der Waals surface area contributed by atoms with Gasteiger partial charge in [0.05, 0.1) is 45.9 Å². The number of hydrogen-bond acceptors (Lipinski definition) is 13. The van der Waals surface area contributed by atoms with Gasteiger partial charge in [-0.3, -0.25) is 19.8 Å². The van der Waals surface area contributed by atoms with Crippen LogP contribution in [0, 0.1) is 21.4 Å². The van der Waals surface area contributed by atoms with Gasteiger partial charge >= 0.3 is 0 Å². The minimum atomic E-state index is -4.60. The Bertz CT molecular complexity index is 2900. The number of ether oxygens (including phenoxy) is 3. The zero-order chi connectivity index (χ0) is 47.8. The van der Waals surface area contributed by atoms with Gasteiger partial charge in [0.15, 0.2) is 0 Å². The smallest absolute Gasteiger partial charge is 0.293 e. The quantitative estimate of drug-likeness (QED) is 0.0752. The number of benzene rings is 3. The van der Waals surface area contributed by atoms with Gasteiger partial charge in [-0.25, -0.2) is 13.1 Å². The van der Waals surface area contributed by atoms with Crippen molar-refractivity contribution in [3.05, 3.63) is 106 Å². The Morgan fingerprint density at radius 1 is 1.01 bits per heavy atom. The molecule has 2 aromatic heterocycles. The number of amides is 1. The van der Waals surface area contributed by atoms with Gasteiger partial charge in [0, 0.05) is 67.6 Å². The lowest BCUT2D eigenvalue weighted by molar-refractivity contribution is -0.384. The van der Waals surface area contributed by atoms with Crippen LogP contribution in [0.1, 0.15) is 106 Å². The molecule has 4 aliphatic heterocycles. The number of pyridine rings is 1. The number of aromatic nitrogens is 2. The van der Waals surface area contributed by atoms with E-state index >= 15 is 0 Å². The number of nitro benzene ring substituents is 1. The van der Waals surface area contributed by atoms with E-state index in [1.165, 1.54) is 36.1 Å². The molecule has 2 saturated carbocycles. The molecule has 16 nitrogen and oxygen atoms in total. The molecule has 69 heavy (non-hydrogen) atoms. The first kappa shape index (κ1) is 45.7. The maximum absolute atomic E-state index is 14.6. The molecule has 6 aliphatic rings. The summed E-state index contributed by atoms with van der Waals surface area (Å²) in [4.78, 5) is 41.1. The number of sulfonamides is 1. The van der Waals surface area contributed by atoms with E-state index in [0.717, 1.165) is 75.3 Å². The first-order valence-corrected chi connectivity index (χ1v) is 26.1. The number of rotatable bonds is 13. The molecule has 1 amide bonds. The minimum absolute atomic E-state index is 0.112. The minimum Gasteiger partial charge on any atom is -0.468 e. The van der Waals surface area contributed by atoms with Crippen LogP contribution in [0.5, 0.6) is 5.88 Å². The van der Waals surface area contributed by atoms with E-state index in [9.17, 15) is 23.3 Å². The van der Waals surface area contributed by atoms with Crippen LogP contribution in [0.25, 0.3) is 11.0 Å². The number of methoxy groups -OCH3 is 1. The van der Waals surface area contributed by atoms with Crippen LogP contribution in [-0.4, -0.2) is 104 Å². The predicted octanol–water partition coefficient (Wildman–Crippen LogP) is 8.82. The summed E-state index contributed by atoms with van der Waals surface area (Å²) >= 11 is 0. The predicted molar refractivity (Wildman–Crippen MR) is 264 cm³/mol. The lowest BCUT2D eigenvalue weighted by atomic mass is 9.60. The molecule has 0 radical (unpaired) electrons. The molecule has 3 atom stereocenters. The first-order valence-electron chi connectivity index (χ1n) is 24.6. The number of nitrogens with one attached hydrogen (secondary N) is 3. The van der Waals surface area contributed by atoms with Gasteiger partial charge in [0.1, 0.15) is 23.1 Å². The lowest BCUT2D eigenvalue weighted by Gasteiger charge is -2.62. The fourth-order valence-corrected chi connectivity index (χ4v) is 13.3. The Morgan fingerprint density at radius 3 is 2.58 bits per heavy atom. The van der Waals surface area contributed by atoms with E-state index in [4.69, 9.17) is 19.2 Å². The van der Waals surface area contributed by atoms with Gasteiger partial charge in [-0.05, 0) is 130 Å². The second-order valence-electron chi connectivity index (χ2n) is 21.0. The Hall–Kier alpha value is -5.75. The highest BCUT2D eigenvalue weighted by Gasteiger charge is 2.55. The highest BCUT2D eigenvalue weighted by atomic mass is 32.2. The van der Waals surface area contributed by atoms with Crippen LogP contribution in [0.15, 0.2) is 83.9 Å². The van der Waals surface area contributed by atoms with Crippen molar-refractivity contribution < 1.29 is 32.3 Å². The van der Waals surface area contributed by atoms with Gasteiger partial charge < -0.3 is 34.3 Å². The van der Waals surface area contributed by atoms with Gasteiger partial charge in [-0.2, -0.15) is 4.98 Å². The fourth-order valence-electron chi connectivity index (χ4n) is 12.3. The average Bonchev–Trinajstić information content (AvgIpc) is 4.11. The van der Waals surface area contributed by atoms with Gasteiger partial charge in [0.25, 0.3) is 21.6 Å². The largest absolute Gasteiger partial charge is 0.468 e. The molecule has 5 aromatic rings. The summed E-state index contributed by atoms with van der Waals surface area (Å²) in [5, 5.41) is 16.4. The van der Waals surface area contributed by atoms with Crippen molar-refractivity contribution >= 4 is 55.4 Å². The van der Waals surface area contributed by atoms with Crippen LogP contribution in [0.2, 0.25) is 0 Å². The summed E-state index contributed by atoms with van der Waals surface area (Å²) in [6.45, 7) is 10.7. The SMILES string of the molecule is COC1(C)CCC(CNc2ccc(S(=O)(=O)NC(=O)c3ccc(N4CC5(CC(N6CCC[C@H]6c6ccccc6C(C)C)C5)C4)cc3N3c4cc5cc[nH]c5nc4O[C@H]4COC[C@@H]43)cc2[N+](=O)[O-])CC1. The number of anilines is 4. The number of nitrogens with zero attached hydrogens (tertiary/aromatic N) is 5. The second-order valence-corrected chi connectivity index (χ2v) is 22.7. The van der Waals surface area contributed by atoms with Gasteiger partial charge in [-0.1, -0.05) is 38.1 Å². The number of carbonyl (C=O) groups is 1. The van der Waals surface area contributed by atoms with Crippen molar-refractivity contribution in [2.75, 3.05) is 61.6 Å². The van der Waals surface area contributed by atoms with Crippen LogP contribution in [0.3, 0.4) is 0 Å². The van der Waals surface area contributed by atoms with E-state index in [0.29, 0.717) is 60.7 Å². The molecule has 11 rings (SSSR count). The highest BCUT2D eigenvalue weighted by molar-refractivity contribution is 7.90. The maximum atomic E-state index is 14.6. The molecule has 5 fully saturated rings. The molecular weight excluding hydrogens is 897 g/mol. The van der Waals surface area contributed by atoms with Crippen LogP contribution in [-0.2, 0) is 19.5 Å². The maximum Gasteiger partial charge on any atom is 0.293 e. The third-order valence-corrected chi connectivity index (χ3v) is 17.6. The number of hydrogen-bond donors (Lipinski definition) is 3. The fraction of sp³-hybridized carbons (Fsp3) is 0.500. The van der Waals surface area contributed by atoms with E-state index in [2.05, 4.69) is 69.9 Å². The standard InChI is InChI=1S/C52H62N8O8S/c1-32(2)38-8-5-6-9-39(38)42-10-7-21-58(42)36-25-52(26-36)30-57(31-52)35-11-13-40(43(23-35)59-45-22-34-17-20-53-48(34)55-50(45)68-47-29-67-28-46(47)59)49(61)56-69(64,65)37-12-14-41(44(24-37)60(62)63)54-27-33-15-18-51(3,66-4)19-16-33/h5-6,8-9,11-14,17,20,22-24,32-33,36,42,46-47,54H,7,10,15-16,18-19,21,25-31H2,1-4H3,(H,53,55)(H,56,61)/t33?,42-,46-,47-,51?/m0/s1. The summed E-state index contributed by atoms with van der Waals surface area (Å²) < 4.78 is 48.6. The van der Waals surface area contributed by atoms with Crippen molar-refractivity contribution in [2.24, 2.45) is 11.3 Å². The third-order valence-electron chi connectivity index (χ3n) is 16.3. The zero-order valence-electron chi connectivity index (χ0n) is 39.8. The summed E-state index contributed by atoms with van der Waals surface area (Å²) in [5.41, 5.74) is 5.57. The van der Waals surface area contributed by atoms with Gasteiger partial charge in [0.2, 0.25) is 5.88 Å². The van der Waals surface area contributed by atoms with E-state index in [1.54, 1.807) is 13.2 Å². The van der Waals surface area contributed by atoms with Crippen molar-refractivity contribution in [2.45, 2.75) is 113 Å². The summed E-state index contributed by atoms with van der Waals surface area (Å²) in [6.07, 6.45) is 9.63. The number of H-pyrrole nitrogens is 1. The topological polar surface area (TPSA) is 184 Å². The Balaban J connectivity index is 0.859. The van der Waals surface area contributed by atoms with Crippen molar-refractivity contribution in [3.63, 3.8) is 0 Å². The molecule has 0 bridgehead atoms. The Morgan fingerprint density at radius 2 is 1.81 bits per heavy atom. The Labute approximate surface area is 403 Å². The van der Waals surface area contributed by atoms with Crippen molar-refractivity contribution in [1.29, 1.82) is 0 Å². The highest BCUT2D eigenvalue weighted by Crippen LogP contribution is 2.55. The molecule has 17 heteroatoms. The lowest BCUT2D eigenvalue weighted by Crippen LogP contribution is -2.66. The molecule has 3 N–H and O–H groups in total. The molecule has 364 valence electrons. The number of aromatic amines is 1. The number of carbonyl (C=O) groups excluding carboxylic acids is 1. The van der Waals surface area contributed by atoms with E-state index < -0.39 is 37.5 Å². The molecule has 6 heterocycles.